The van der Waals surface area contributed by atoms with Crippen molar-refractivity contribution in [1.82, 2.24) is 5.32 Å². The number of esters is 1. The number of nitrogens with one attached hydrogen (secondary N) is 1. The minimum atomic E-state index is -0.733. The van der Waals surface area contributed by atoms with E-state index in [1.807, 2.05) is 6.92 Å². The first kappa shape index (κ1) is 17.0. The zero-order valence-electron chi connectivity index (χ0n) is 13.4. The highest BCUT2D eigenvalue weighted by atomic mass is 16.5. The van der Waals surface area contributed by atoms with Crippen LogP contribution >= 0.6 is 0 Å². The molecule has 2 rings (SSSR count). The monoisotopic (exact) mass is 320 g/mol. The van der Waals surface area contributed by atoms with Crippen molar-refractivity contribution in [3.8, 4) is 5.75 Å². The molecule has 7 nitrogen and oxygen atoms in total. The minimum Gasteiger partial charge on any atom is -0.494 e. The number of ether oxygens (including phenoxy) is 2. The van der Waals surface area contributed by atoms with Gasteiger partial charge in [0.05, 0.1) is 31.9 Å². The first-order valence-corrected chi connectivity index (χ1v) is 7.41. The van der Waals surface area contributed by atoms with E-state index in [2.05, 4.69) is 10.1 Å². The molecule has 0 aliphatic carbocycles. The predicted molar refractivity (Wildman–Crippen MR) is 83.1 cm³/mol. The van der Waals surface area contributed by atoms with Crippen LogP contribution in [0.5, 0.6) is 5.75 Å². The third-order valence-corrected chi connectivity index (χ3v) is 3.56. The Kier molecular flexibility index (Phi) is 5.33. The van der Waals surface area contributed by atoms with Gasteiger partial charge in [0.15, 0.2) is 0 Å². The highest BCUT2D eigenvalue weighted by Gasteiger charge is 2.40. The van der Waals surface area contributed by atoms with Crippen LogP contribution in [0.15, 0.2) is 24.3 Å². The van der Waals surface area contributed by atoms with Gasteiger partial charge in [-0.05, 0) is 38.1 Å². The number of hydrogen-bond donors (Lipinski definition) is 1. The Morgan fingerprint density at radius 1 is 1.35 bits per heavy atom. The maximum Gasteiger partial charge on any atom is 0.322 e. The Labute approximate surface area is 134 Å². The van der Waals surface area contributed by atoms with Gasteiger partial charge in [0.2, 0.25) is 5.91 Å². The van der Waals surface area contributed by atoms with Crippen LogP contribution in [0.25, 0.3) is 0 Å². The lowest BCUT2D eigenvalue weighted by molar-refractivity contribution is -0.143. The molecule has 1 aliphatic rings. The zero-order valence-corrected chi connectivity index (χ0v) is 13.4. The van der Waals surface area contributed by atoms with Crippen LogP contribution in [0.3, 0.4) is 0 Å². The number of methoxy groups -OCH3 is 1. The molecule has 0 aromatic heterocycles. The van der Waals surface area contributed by atoms with E-state index in [4.69, 9.17) is 4.74 Å². The lowest BCUT2D eigenvalue weighted by Gasteiger charge is -2.18. The van der Waals surface area contributed by atoms with E-state index in [0.29, 0.717) is 18.0 Å². The molecule has 23 heavy (non-hydrogen) atoms. The van der Waals surface area contributed by atoms with Crippen LogP contribution in [-0.4, -0.2) is 43.6 Å². The number of benzene rings is 1. The van der Waals surface area contributed by atoms with E-state index < -0.39 is 18.1 Å². The van der Waals surface area contributed by atoms with Crippen LogP contribution in [0.4, 0.5) is 5.69 Å². The Morgan fingerprint density at radius 3 is 2.57 bits per heavy atom. The molecule has 0 radical (unpaired) electrons. The summed E-state index contributed by atoms with van der Waals surface area (Å²) in [6.07, 6.45) is 0.00732. The molecule has 0 unspecified atom stereocenters. The van der Waals surface area contributed by atoms with Gasteiger partial charge >= 0.3 is 5.97 Å². The number of nitrogens with zero attached hydrogens (tertiary/aromatic N) is 1. The molecule has 0 spiro atoms. The van der Waals surface area contributed by atoms with E-state index in [9.17, 15) is 14.4 Å². The Bertz CT molecular complexity index is 599. The summed E-state index contributed by atoms with van der Waals surface area (Å²) in [4.78, 5) is 37.1. The third-order valence-electron chi connectivity index (χ3n) is 3.56. The van der Waals surface area contributed by atoms with Crippen molar-refractivity contribution in [3.63, 3.8) is 0 Å². The molecule has 1 heterocycles. The van der Waals surface area contributed by atoms with Crippen molar-refractivity contribution in [3.05, 3.63) is 24.3 Å². The van der Waals surface area contributed by atoms with Crippen molar-refractivity contribution < 1.29 is 23.9 Å². The van der Waals surface area contributed by atoms with E-state index >= 15 is 0 Å². The van der Waals surface area contributed by atoms with Crippen LogP contribution in [0, 0.1) is 0 Å². The van der Waals surface area contributed by atoms with Crippen molar-refractivity contribution in [1.29, 1.82) is 0 Å². The fourth-order valence-electron chi connectivity index (χ4n) is 2.44. The first-order valence-electron chi connectivity index (χ1n) is 7.41. The maximum absolute atomic E-state index is 12.4. The molecule has 1 aromatic carbocycles. The lowest BCUT2D eigenvalue weighted by Crippen LogP contribution is -2.46. The smallest absolute Gasteiger partial charge is 0.322 e. The molecular formula is C16H20N2O5. The summed E-state index contributed by atoms with van der Waals surface area (Å²) < 4.78 is 9.94. The first-order chi connectivity index (χ1) is 11.0. The molecule has 0 bridgehead atoms. The highest BCUT2D eigenvalue weighted by molar-refractivity contribution is 6.22. The van der Waals surface area contributed by atoms with Crippen molar-refractivity contribution in [2.45, 2.75) is 32.4 Å². The molecule has 0 saturated carbocycles. The lowest BCUT2D eigenvalue weighted by atomic mass is 10.2. The molecule has 124 valence electrons. The van der Waals surface area contributed by atoms with Crippen LogP contribution in [0.1, 0.15) is 20.3 Å². The second-order valence-corrected chi connectivity index (χ2v) is 5.16. The molecule has 1 aliphatic heterocycles. The molecule has 1 saturated heterocycles. The Morgan fingerprint density at radius 2 is 2.00 bits per heavy atom. The summed E-state index contributed by atoms with van der Waals surface area (Å²) in [6.45, 7) is 4.00. The third kappa shape index (κ3) is 3.68. The van der Waals surface area contributed by atoms with Gasteiger partial charge in [-0.1, -0.05) is 0 Å². The summed E-state index contributed by atoms with van der Waals surface area (Å²) in [7, 11) is 1.27. The Hall–Kier alpha value is -2.41. The SMILES string of the molecule is CCOc1ccc(N2C(=O)C[C@@H](N[C@@H](C)C(=O)OC)C2=O)cc1. The molecule has 1 fully saturated rings. The van der Waals surface area contributed by atoms with Gasteiger partial charge in [0, 0.05) is 0 Å². The van der Waals surface area contributed by atoms with Crippen LogP contribution < -0.4 is 15.0 Å². The summed E-state index contributed by atoms with van der Waals surface area (Å²) in [5.74, 6) is -0.502. The fourth-order valence-corrected chi connectivity index (χ4v) is 2.44. The number of carbonyl (C=O) groups is 3. The standard InChI is InChI=1S/C16H20N2O5/c1-4-23-12-7-5-11(6-8-12)18-14(19)9-13(15(18)20)17-10(2)16(21)22-3/h5-8,10,13,17H,4,9H2,1-3H3/t10-,13+/m0/s1. The van der Waals surface area contributed by atoms with Gasteiger partial charge in [-0.15, -0.1) is 0 Å². The van der Waals surface area contributed by atoms with E-state index in [0.717, 1.165) is 4.90 Å². The second-order valence-electron chi connectivity index (χ2n) is 5.16. The number of anilines is 1. The zero-order chi connectivity index (χ0) is 17.0. The largest absolute Gasteiger partial charge is 0.494 e. The second kappa shape index (κ2) is 7.23. The maximum atomic E-state index is 12.4. The average molecular weight is 320 g/mol. The predicted octanol–water partition coefficient (Wildman–Crippen LogP) is 0.868. The molecule has 1 aromatic rings. The van der Waals surface area contributed by atoms with E-state index in [1.54, 1.807) is 31.2 Å². The topological polar surface area (TPSA) is 84.9 Å². The quantitative estimate of drug-likeness (QED) is 0.618. The van der Waals surface area contributed by atoms with Crippen LogP contribution in [0.2, 0.25) is 0 Å². The van der Waals surface area contributed by atoms with Crippen molar-refractivity contribution in [2.75, 3.05) is 18.6 Å². The van der Waals surface area contributed by atoms with Gasteiger partial charge in [0.25, 0.3) is 5.91 Å². The summed E-state index contributed by atoms with van der Waals surface area (Å²) in [5, 5.41) is 2.83. The molecule has 2 amide bonds. The minimum absolute atomic E-state index is 0.00732. The number of carbonyl (C=O) groups excluding carboxylic acids is 3. The number of amides is 2. The number of rotatable bonds is 6. The van der Waals surface area contributed by atoms with Gasteiger partial charge < -0.3 is 9.47 Å². The fraction of sp³-hybridized carbons (Fsp3) is 0.438. The van der Waals surface area contributed by atoms with Gasteiger partial charge in [-0.2, -0.15) is 0 Å². The molecular weight excluding hydrogens is 300 g/mol. The summed E-state index contributed by atoms with van der Waals surface area (Å²) >= 11 is 0. The average Bonchev–Trinajstić information content (AvgIpc) is 2.82. The molecule has 1 N–H and O–H groups in total. The highest BCUT2D eigenvalue weighted by Crippen LogP contribution is 2.25. The van der Waals surface area contributed by atoms with Crippen molar-refractivity contribution >= 4 is 23.5 Å². The van der Waals surface area contributed by atoms with Crippen LogP contribution in [-0.2, 0) is 19.1 Å². The summed E-state index contributed by atoms with van der Waals surface area (Å²) in [6, 6.07) is 5.33. The van der Waals surface area contributed by atoms with Gasteiger partial charge in [-0.3, -0.25) is 19.7 Å². The number of hydrogen-bond acceptors (Lipinski definition) is 6. The molecule has 2 atom stereocenters. The summed E-state index contributed by atoms with van der Waals surface area (Å²) in [5.41, 5.74) is 0.485. The molecule has 7 heteroatoms. The van der Waals surface area contributed by atoms with E-state index in [1.165, 1.54) is 7.11 Å². The number of imide groups is 1. The van der Waals surface area contributed by atoms with Gasteiger partial charge in [-0.25, -0.2) is 4.90 Å². The van der Waals surface area contributed by atoms with Gasteiger partial charge in [0.1, 0.15) is 11.8 Å². The van der Waals surface area contributed by atoms with E-state index in [-0.39, 0.29) is 18.2 Å². The Balaban J connectivity index is 2.10. The normalized spacial score (nSPS) is 18.9. The van der Waals surface area contributed by atoms with Crippen molar-refractivity contribution in [2.24, 2.45) is 0 Å².